The quantitative estimate of drug-likeness (QED) is 0.0369. The molecule has 0 radical (unpaired) electrons. The molecule has 4 aromatic rings. The molecule has 53 heavy (non-hydrogen) atoms. The van der Waals surface area contributed by atoms with Crippen LogP contribution < -0.4 is 0 Å². The van der Waals surface area contributed by atoms with E-state index < -0.39 is 95.4 Å². The van der Waals surface area contributed by atoms with E-state index in [9.17, 15) is 69.8 Å². The van der Waals surface area contributed by atoms with E-state index in [2.05, 4.69) is 0 Å². The van der Waals surface area contributed by atoms with Crippen LogP contribution in [0.15, 0.2) is 92.4 Å². The summed E-state index contributed by atoms with van der Waals surface area (Å²) in [6.07, 6.45) is 0. The van der Waals surface area contributed by atoms with Crippen LogP contribution >= 0.6 is 43.2 Å². The monoisotopic (exact) mass is 804 g/mol. The van der Waals surface area contributed by atoms with E-state index in [4.69, 9.17) is 9.47 Å². The number of nitro groups is 4. The van der Waals surface area contributed by atoms with Crippen LogP contribution in [0, 0.1) is 40.5 Å². The van der Waals surface area contributed by atoms with Gasteiger partial charge in [0.25, 0.3) is 22.7 Å². The molecule has 0 bridgehead atoms. The lowest BCUT2D eigenvalue weighted by atomic mass is 10.2. The van der Waals surface area contributed by atoms with Gasteiger partial charge in [0.15, 0.2) is 0 Å². The van der Waals surface area contributed by atoms with Gasteiger partial charge in [-0.05, 0) is 48.5 Å². The Hall–Kier alpha value is -6.24. The van der Waals surface area contributed by atoms with Crippen LogP contribution in [0.5, 0.6) is 0 Å². The Kier molecular flexibility index (Phi) is 12.9. The Labute approximate surface area is 309 Å². The number of carboxylic acid groups (broad SMARTS) is 2. The Balaban J connectivity index is 1.45. The van der Waals surface area contributed by atoms with Crippen LogP contribution in [-0.4, -0.2) is 60.6 Å². The predicted molar refractivity (Wildman–Crippen MR) is 185 cm³/mol. The molecule has 0 aromatic heterocycles. The summed E-state index contributed by atoms with van der Waals surface area (Å²) in [5.41, 5.74) is -4.96. The number of carboxylic acids is 2. The summed E-state index contributed by atoms with van der Waals surface area (Å²) in [5.74, 6) is -5.72. The molecule has 2 N–H and O–H groups in total. The molecule has 0 aliphatic heterocycles. The molecule has 0 amide bonds. The lowest BCUT2D eigenvalue weighted by Crippen LogP contribution is -2.15. The molecule has 272 valence electrons. The van der Waals surface area contributed by atoms with Gasteiger partial charge in [-0.25, -0.2) is 19.2 Å². The number of hydrogen-bond donors (Lipinski definition) is 2. The number of rotatable bonds is 16. The fourth-order valence-corrected chi connectivity index (χ4v) is 8.00. The van der Waals surface area contributed by atoms with Crippen LogP contribution in [0.25, 0.3) is 0 Å². The first-order valence-corrected chi connectivity index (χ1v) is 18.0. The maximum atomic E-state index is 12.9. The number of esters is 2. The van der Waals surface area contributed by atoms with E-state index in [1.165, 1.54) is 24.3 Å². The normalized spacial score (nSPS) is 10.6. The number of nitrogens with zero attached hydrogens (tertiary/aromatic N) is 4. The number of ether oxygens (including phenoxy) is 2. The first-order chi connectivity index (χ1) is 25.1. The lowest BCUT2D eigenvalue weighted by molar-refractivity contribution is -0.385. The molecule has 0 atom stereocenters. The molecule has 0 fully saturated rings. The van der Waals surface area contributed by atoms with Crippen molar-refractivity contribution < 1.29 is 58.6 Å². The number of benzene rings is 4. The molecule has 0 saturated carbocycles. The molecule has 0 saturated heterocycles. The minimum absolute atomic E-state index is 0.232. The predicted octanol–water partition coefficient (Wildman–Crippen LogP) is 7.29. The van der Waals surface area contributed by atoms with Crippen molar-refractivity contribution in [3.8, 4) is 0 Å². The number of carbonyl (C=O) groups excluding carboxylic acids is 2. The lowest BCUT2D eigenvalue weighted by Gasteiger charge is -2.09. The molecule has 0 spiro atoms. The third kappa shape index (κ3) is 9.97. The summed E-state index contributed by atoms with van der Waals surface area (Å²) in [6.45, 7) is -1.13. The zero-order valence-corrected chi connectivity index (χ0v) is 28.9. The van der Waals surface area contributed by atoms with Gasteiger partial charge in [-0.1, -0.05) is 43.2 Å². The summed E-state index contributed by atoms with van der Waals surface area (Å²) in [6, 6.07) is 13.3. The first kappa shape index (κ1) is 39.5. The fourth-order valence-electron chi connectivity index (χ4n) is 4.06. The molecular formula is C29H16N4O16S4. The second-order valence-electron chi connectivity index (χ2n) is 9.67. The topological polar surface area (TPSA) is 300 Å². The Morgan fingerprint density at radius 3 is 0.962 bits per heavy atom. The molecule has 0 heterocycles. The van der Waals surface area contributed by atoms with Gasteiger partial charge in [-0.2, -0.15) is 0 Å². The molecule has 20 nitrogen and oxygen atoms in total. The summed E-state index contributed by atoms with van der Waals surface area (Å²) < 4.78 is 9.79. The third-order valence-corrected chi connectivity index (χ3v) is 11.2. The van der Waals surface area contributed by atoms with Gasteiger partial charge in [0.2, 0.25) is 6.79 Å². The molecule has 4 aromatic carbocycles. The van der Waals surface area contributed by atoms with Crippen molar-refractivity contribution in [2.75, 3.05) is 6.79 Å². The SMILES string of the molecule is O=C(O)c1cc(SSc2ccc([N+](=O)[O-])c(C(=O)OCOC(=O)c3cc(SSc4ccc([N+](=O)[O-])c(C(=O)O)c4)ccc3[N+](=O)[O-])c2)ccc1[N+](=O)[O-]. The highest BCUT2D eigenvalue weighted by molar-refractivity contribution is 8.77. The van der Waals surface area contributed by atoms with Crippen LogP contribution in [0.1, 0.15) is 41.4 Å². The second kappa shape index (κ2) is 17.3. The second-order valence-corrected chi connectivity index (χ2v) is 14.2. The van der Waals surface area contributed by atoms with Crippen molar-refractivity contribution in [3.63, 3.8) is 0 Å². The van der Waals surface area contributed by atoms with Crippen LogP contribution in [0.2, 0.25) is 0 Å². The average Bonchev–Trinajstić information content (AvgIpc) is 3.12. The van der Waals surface area contributed by atoms with Crippen molar-refractivity contribution in [2.45, 2.75) is 19.6 Å². The van der Waals surface area contributed by atoms with Gasteiger partial charge < -0.3 is 19.7 Å². The van der Waals surface area contributed by atoms with Gasteiger partial charge >= 0.3 is 23.9 Å². The highest BCUT2D eigenvalue weighted by Crippen LogP contribution is 2.42. The van der Waals surface area contributed by atoms with E-state index in [-0.39, 0.29) is 19.6 Å². The number of hydrogen-bond acceptors (Lipinski definition) is 18. The summed E-state index contributed by atoms with van der Waals surface area (Å²) in [7, 11) is 3.68. The number of carbonyl (C=O) groups is 4. The van der Waals surface area contributed by atoms with Gasteiger partial charge in [-0.15, -0.1) is 0 Å². The van der Waals surface area contributed by atoms with E-state index >= 15 is 0 Å². The van der Waals surface area contributed by atoms with Crippen LogP contribution in [0.4, 0.5) is 22.7 Å². The highest BCUT2D eigenvalue weighted by Gasteiger charge is 2.26. The summed E-state index contributed by atoms with van der Waals surface area (Å²) in [5, 5.41) is 64.0. The molecule has 24 heteroatoms. The van der Waals surface area contributed by atoms with Crippen molar-refractivity contribution in [1.29, 1.82) is 0 Å². The minimum Gasteiger partial charge on any atom is -0.477 e. The van der Waals surface area contributed by atoms with E-state index in [0.717, 1.165) is 91.7 Å². The molecule has 4 rings (SSSR count). The summed E-state index contributed by atoms with van der Waals surface area (Å²) >= 11 is 0. The standard InChI is InChI=1S/C29H16N4O16S4/c34-26(35)18-9-14(1-5-22(18)30(40)41)50-52-16-3-7-24(32(44)45)20(11-16)28(38)48-13-49-29(39)21-12-17(4-8-25(21)33(46)47)53-51-15-2-6-23(31(42)43)19(10-15)27(36)37/h1-12H,13H2,(H,34,35)(H,36,37). The molecule has 0 aliphatic rings. The van der Waals surface area contributed by atoms with Crippen LogP contribution in [0.3, 0.4) is 0 Å². The van der Waals surface area contributed by atoms with Gasteiger partial charge in [0.1, 0.15) is 22.3 Å². The maximum absolute atomic E-state index is 12.9. The van der Waals surface area contributed by atoms with Gasteiger partial charge in [0, 0.05) is 43.8 Å². The van der Waals surface area contributed by atoms with Gasteiger partial charge in [-0.3, -0.25) is 40.5 Å². The maximum Gasteiger partial charge on any atom is 0.348 e. The average molecular weight is 805 g/mol. The van der Waals surface area contributed by atoms with Crippen molar-refractivity contribution >= 4 is 89.8 Å². The zero-order valence-electron chi connectivity index (χ0n) is 25.7. The van der Waals surface area contributed by atoms with E-state index in [0.29, 0.717) is 0 Å². The first-order valence-electron chi connectivity index (χ1n) is 13.7. The Morgan fingerprint density at radius 2 is 0.717 bits per heavy atom. The Bertz CT molecular complexity index is 2060. The fraction of sp³-hybridized carbons (Fsp3) is 0.0345. The van der Waals surface area contributed by atoms with Crippen molar-refractivity contribution in [2.24, 2.45) is 0 Å². The van der Waals surface area contributed by atoms with Crippen LogP contribution in [-0.2, 0) is 9.47 Å². The smallest absolute Gasteiger partial charge is 0.348 e. The number of nitro benzene ring substituents is 4. The van der Waals surface area contributed by atoms with Gasteiger partial charge in [0.05, 0.1) is 19.7 Å². The summed E-state index contributed by atoms with van der Waals surface area (Å²) in [4.78, 5) is 91.5. The molecule has 0 aliphatic carbocycles. The number of aromatic carboxylic acids is 2. The molecule has 0 unspecified atom stereocenters. The van der Waals surface area contributed by atoms with E-state index in [1.807, 2.05) is 0 Å². The largest absolute Gasteiger partial charge is 0.477 e. The molecular weight excluding hydrogens is 789 g/mol. The highest BCUT2D eigenvalue weighted by atomic mass is 33.1. The Morgan fingerprint density at radius 1 is 0.472 bits per heavy atom. The minimum atomic E-state index is -1.54. The third-order valence-electron chi connectivity index (χ3n) is 6.41. The van der Waals surface area contributed by atoms with E-state index in [1.54, 1.807) is 0 Å². The zero-order chi connectivity index (χ0) is 39.0. The van der Waals surface area contributed by atoms with Crippen molar-refractivity contribution in [3.05, 3.63) is 136 Å². The van der Waals surface area contributed by atoms with Crippen molar-refractivity contribution in [1.82, 2.24) is 0 Å².